The van der Waals surface area contributed by atoms with Gasteiger partial charge in [-0.05, 0) is 73.2 Å². The molecule has 1 saturated heterocycles. The number of sulfonamides is 1. The van der Waals surface area contributed by atoms with Crippen LogP contribution in [-0.4, -0.2) is 56.3 Å². The summed E-state index contributed by atoms with van der Waals surface area (Å²) < 4.78 is 56.4. The van der Waals surface area contributed by atoms with Gasteiger partial charge in [-0.15, -0.1) is 0 Å². The minimum atomic E-state index is -3.62. The van der Waals surface area contributed by atoms with Crippen molar-refractivity contribution in [3.63, 3.8) is 0 Å². The second-order valence-electron chi connectivity index (χ2n) is 7.74. The Hall–Kier alpha value is -2.52. The van der Waals surface area contributed by atoms with Crippen LogP contribution in [0.1, 0.15) is 34.3 Å². The molecule has 0 spiro atoms. The Balaban J connectivity index is 1.40. The van der Waals surface area contributed by atoms with Crippen molar-refractivity contribution in [2.75, 3.05) is 26.2 Å². The summed E-state index contributed by atoms with van der Waals surface area (Å²) in [5.41, 5.74) is 2.68. The van der Waals surface area contributed by atoms with Crippen molar-refractivity contribution >= 4 is 15.9 Å². The standard InChI is InChI=1S/C22H24F2N2O4S/c23-22(24)30-19-8-5-17(6-9-19)21(27)25-11-13-26(14-12-25)31(28,29)20-10-7-16-3-1-2-4-18(16)15-20/h5-10,15,22H,1-4,11-14H2. The molecule has 0 atom stereocenters. The van der Waals surface area contributed by atoms with Gasteiger partial charge in [0.15, 0.2) is 0 Å². The van der Waals surface area contributed by atoms with E-state index >= 15 is 0 Å². The largest absolute Gasteiger partial charge is 0.435 e. The Labute approximate surface area is 180 Å². The number of aryl methyl sites for hydroxylation is 2. The van der Waals surface area contributed by atoms with Crippen LogP contribution in [0.3, 0.4) is 0 Å². The van der Waals surface area contributed by atoms with Gasteiger partial charge < -0.3 is 9.64 Å². The lowest BCUT2D eigenvalue weighted by Gasteiger charge is -2.34. The van der Waals surface area contributed by atoms with Crippen molar-refractivity contribution in [1.29, 1.82) is 0 Å². The average Bonchev–Trinajstić information content (AvgIpc) is 2.78. The second-order valence-corrected chi connectivity index (χ2v) is 9.67. The third-order valence-electron chi connectivity index (χ3n) is 5.81. The molecule has 2 aromatic carbocycles. The molecule has 0 unspecified atom stereocenters. The number of hydrogen-bond acceptors (Lipinski definition) is 4. The predicted molar refractivity (Wildman–Crippen MR) is 111 cm³/mol. The molecule has 31 heavy (non-hydrogen) atoms. The average molecular weight is 451 g/mol. The van der Waals surface area contributed by atoms with E-state index in [-0.39, 0.29) is 37.8 Å². The minimum absolute atomic E-state index is 0.0208. The summed E-state index contributed by atoms with van der Waals surface area (Å²) in [7, 11) is -3.62. The predicted octanol–water partition coefficient (Wildman–Crippen LogP) is 3.31. The quantitative estimate of drug-likeness (QED) is 0.701. The number of amides is 1. The van der Waals surface area contributed by atoms with Crippen LogP contribution in [0.25, 0.3) is 0 Å². The molecule has 1 aliphatic heterocycles. The summed E-state index contributed by atoms with van der Waals surface area (Å²) in [5.74, 6) is -0.290. The Morgan fingerprint density at radius 1 is 0.903 bits per heavy atom. The zero-order valence-corrected chi connectivity index (χ0v) is 17.8. The number of fused-ring (bicyclic) bond motifs is 1. The van der Waals surface area contributed by atoms with Crippen molar-refractivity contribution in [2.45, 2.75) is 37.2 Å². The molecule has 0 radical (unpaired) electrons. The number of ether oxygens (including phenoxy) is 1. The number of hydrogen-bond donors (Lipinski definition) is 0. The number of nitrogens with zero attached hydrogens (tertiary/aromatic N) is 2. The Bertz CT molecular complexity index is 1050. The van der Waals surface area contributed by atoms with Gasteiger partial charge in [0.2, 0.25) is 10.0 Å². The lowest BCUT2D eigenvalue weighted by atomic mass is 9.92. The van der Waals surface area contributed by atoms with Crippen LogP contribution < -0.4 is 4.74 Å². The summed E-state index contributed by atoms with van der Waals surface area (Å²) >= 11 is 0. The van der Waals surface area contributed by atoms with Crippen LogP contribution in [0, 0.1) is 0 Å². The van der Waals surface area contributed by atoms with Crippen LogP contribution in [-0.2, 0) is 22.9 Å². The fourth-order valence-corrected chi connectivity index (χ4v) is 5.59. The summed E-state index contributed by atoms with van der Waals surface area (Å²) in [4.78, 5) is 14.6. The smallest absolute Gasteiger partial charge is 0.387 e. The summed E-state index contributed by atoms with van der Waals surface area (Å²) in [6.07, 6.45) is 4.11. The fraction of sp³-hybridized carbons (Fsp3) is 0.409. The number of alkyl halides is 2. The molecule has 1 amide bonds. The van der Waals surface area contributed by atoms with E-state index in [2.05, 4.69) is 4.74 Å². The van der Waals surface area contributed by atoms with Gasteiger partial charge in [-0.2, -0.15) is 13.1 Å². The van der Waals surface area contributed by atoms with E-state index < -0.39 is 16.6 Å². The molecule has 1 aliphatic carbocycles. The maximum atomic E-state index is 13.1. The lowest BCUT2D eigenvalue weighted by molar-refractivity contribution is -0.0498. The Kier molecular flexibility index (Phi) is 6.24. The maximum Gasteiger partial charge on any atom is 0.387 e. The van der Waals surface area contributed by atoms with Gasteiger partial charge in [-0.25, -0.2) is 8.42 Å². The van der Waals surface area contributed by atoms with Crippen LogP contribution in [0.15, 0.2) is 47.4 Å². The molecular weight excluding hydrogens is 426 g/mol. The van der Waals surface area contributed by atoms with Gasteiger partial charge in [0.05, 0.1) is 4.90 Å². The van der Waals surface area contributed by atoms with Crippen LogP contribution in [0.2, 0.25) is 0 Å². The van der Waals surface area contributed by atoms with E-state index in [0.29, 0.717) is 10.5 Å². The molecule has 9 heteroatoms. The van der Waals surface area contributed by atoms with Crippen molar-refractivity contribution in [3.8, 4) is 5.75 Å². The van der Waals surface area contributed by atoms with Gasteiger partial charge in [-0.3, -0.25) is 4.79 Å². The topological polar surface area (TPSA) is 66.9 Å². The first-order valence-corrected chi connectivity index (χ1v) is 11.7. The SMILES string of the molecule is O=C(c1ccc(OC(F)F)cc1)N1CCN(S(=O)(=O)c2ccc3c(c2)CCCC3)CC1. The second kappa shape index (κ2) is 8.92. The van der Waals surface area contributed by atoms with E-state index in [9.17, 15) is 22.0 Å². The molecule has 0 bridgehead atoms. The fourth-order valence-electron chi connectivity index (χ4n) is 4.11. The first-order valence-electron chi connectivity index (χ1n) is 10.3. The molecule has 0 saturated carbocycles. The van der Waals surface area contributed by atoms with Gasteiger partial charge >= 0.3 is 6.61 Å². The lowest BCUT2D eigenvalue weighted by Crippen LogP contribution is -2.50. The van der Waals surface area contributed by atoms with E-state index in [0.717, 1.165) is 31.2 Å². The molecule has 2 aliphatic rings. The third-order valence-corrected chi connectivity index (χ3v) is 7.70. The number of halogens is 2. The Morgan fingerprint density at radius 2 is 1.55 bits per heavy atom. The molecule has 166 valence electrons. The van der Waals surface area contributed by atoms with E-state index in [4.69, 9.17) is 0 Å². The van der Waals surface area contributed by atoms with Gasteiger partial charge in [-0.1, -0.05) is 6.07 Å². The zero-order valence-electron chi connectivity index (χ0n) is 17.0. The highest BCUT2D eigenvalue weighted by Crippen LogP contribution is 2.26. The molecule has 4 rings (SSSR count). The van der Waals surface area contributed by atoms with E-state index in [1.165, 1.54) is 34.1 Å². The highest BCUT2D eigenvalue weighted by molar-refractivity contribution is 7.89. The normalized spacial score (nSPS) is 17.5. The molecular formula is C22H24F2N2O4S. The van der Waals surface area contributed by atoms with Crippen molar-refractivity contribution in [1.82, 2.24) is 9.21 Å². The van der Waals surface area contributed by atoms with E-state index in [1.54, 1.807) is 17.0 Å². The van der Waals surface area contributed by atoms with Crippen molar-refractivity contribution in [3.05, 3.63) is 59.2 Å². The van der Waals surface area contributed by atoms with Crippen molar-refractivity contribution in [2.24, 2.45) is 0 Å². The summed E-state index contributed by atoms with van der Waals surface area (Å²) in [5, 5.41) is 0. The zero-order chi connectivity index (χ0) is 22.0. The van der Waals surface area contributed by atoms with Crippen LogP contribution >= 0.6 is 0 Å². The number of carbonyl (C=O) groups excluding carboxylic acids is 1. The van der Waals surface area contributed by atoms with Crippen LogP contribution in [0.5, 0.6) is 5.75 Å². The number of benzene rings is 2. The third kappa shape index (κ3) is 4.72. The summed E-state index contributed by atoms with van der Waals surface area (Å²) in [6.45, 7) is -1.99. The van der Waals surface area contributed by atoms with E-state index in [1.807, 2.05) is 6.07 Å². The maximum absolute atomic E-state index is 13.1. The number of piperazine rings is 1. The summed E-state index contributed by atoms with van der Waals surface area (Å²) in [6, 6.07) is 10.9. The minimum Gasteiger partial charge on any atom is -0.435 e. The van der Waals surface area contributed by atoms with Gasteiger partial charge in [0.1, 0.15) is 5.75 Å². The first kappa shape index (κ1) is 21.7. The monoisotopic (exact) mass is 450 g/mol. The highest BCUT2D eigenvalue weighted by Gasteiger charge is 2.31. The number of carbonyl (C=O) groups is 1. The molecule has 2 aromatic rings. The highest BCUT2D eigenvalue weighted by atomic mass is 32.2. The molecule has 0 N–H and O–H groups in total. The first-order chi connectivity index (χ1) is 14.8. The van der Waals surface area contributed by atoms with Crippen LogP contribution in [0.4, 0.5) is 8.78 Å². The van der Waals surface area contributed by atoms with Crippen molar-refractivity contribution < 1.29 is 26.7 Å². The molecule has 1 heterocycles. The van der Waals surface area contributed by atoms with Gasteiger partial charge in [0.25, 0.3) is 5.91 Å². The van der Waals surface area contributed by atoms with Gasteiger partial charge in [0, 0.05) is 31.7 Å². The molecule has 6 nitrogen and oxygen atoms in total. The number of rotatable bonds is 5. The Morgan fingerprint density at radius 3 is 2.19 bits per heavy atom. The molecule has 0 aromatic heterocycles. The molecule has 1 fully saturated rings.